The van der Waals surface area contributed by atoms with Crippen LogP contribution in [0.2, 0.25) is 0 Å². The van der Waals surface area contributed by atoms with Crippen molar-refractivity contribution in [3.05, 3.63) is 12.2 Å². The first-order chi connectivity index (χ1) is 7.59. The highest BCUT2D eigenvalue weighted by Gasteiger charge is 2.10. The maximum absolute atomic E-state index is 11.3. The fraction of sp³-hybridized carbons (Fsp3) is 0.429. The Morgan fingerprint density at radius 2 is 2.44 bits per heavy atom. The normalized spacial score (nSPS) is 9.81. The van der Waals surface area contributed by atoms with Crippen LogP contribution < -0.4 is 5.48 Å². The van der Waals surface area contributed by atoms with Gasteiger partial charge in [-0.15, -0.1) is 0 Å². The first-order valence-electron chi connectivity index (χ1n) is 4.28. The molecule has 9 nitrogen and oxygen atoms in total. The van der Waals surface area contributed by atoms with Crippen molar-refractivity contribution in [3.63, 3.8) is 0 Å². The Morgan fingerprint density at radius 3 is 3.00 bits per heavy atom. The molecule has 16 heavy (non-hydrogen) atoms. The zero-order chi connectivity index (χ0) is 12.0. The van der Waals surface area contributed by atoms with Gasteiger partial charge in [-0.3, -0.25) is 9.94 Å². The number of hydrogen-bond acceptors (Lipinski definition) is 5. The maximum Gasteiger partial charge on any atom is 0.341 e. The van der Waals surface area contributed by atoms with Crippen molar-refractivity contribution >= 4 is 12.0 Å². The number of carbonyl (C=O) groups is 2. The summed E-state index contributed by atoms with van der Waals surface area (Å²) in [6, 6.07) is -0.572. The molecule has 0 aliphatic rings. The zero-order valence-electron chi connectivity index (χ0n) is 8.51. The highest BCUT2D eigenvalue weighted by atomic mass is 16.7. The SMILES string of the molecule is CN(Cc1ncn[nH]1)C(=O)NOCC(=O)O. The summed E-state index contributed by atoms with van der Waals surface area (Å²) in [6.07, 6.45) is 1.32. The summed E-state index contributed by atoms with van der Waals surface area (Å²) in [4.78, 5) is 30.9. The molecular weight excluding hydrogens is 218 g/mol. The molecule has 1 heterocycles. The molecule has 2 amide bonds. The number of amides is 2. The van der Waals surface area contributed by atoms with E-state index in [1.807, 2.05) is 5.48 Å². The van der Waals surface area contributed by atoms with Gasteiger partial charge in [0, 0.05) is 7.05 Å². The lowest BCUT2D eigenvalue weighted by molar-refractivity contribution is -0.144. The molecule has 9 heteroatoms. The highest BCUT2D eigenvalue weighted by molar-refractivity contribution is 5.73. The fourth-order valence-corrected chi connectivity index (χ4v) is 0.841. The first kappa shape index (κ1) is 11.9. The van der Waals surface area contributed by atoms with Gasteiger partial charge in [0.05, 0.1) is 6.54 Å². The number of nitrogens with zero attached hydrogens (tertiary/aromatic N) is 3. The number of urea groups is 1. The van der Waals surface area contributed by atoms with E-state index < -0.39 is 18.6 Å². The van der Waals surface area contributed by atoms with E-state index in [2.05, 4.69) is 20.0 Å². The van der Waals surface area contributed by atoms with Crippen molar-refractivity contribution in [1.29, 1.82) is 0 Å². The molecule has 0 unspecified atom stereocenters. The molecule has 0 aliphatic carbocycles. The van der Waals surface area contributed by atoms with E-state index in [0.29, 0.717) is 5.82 Å². The summed E-state index contributed by atoms with van der Waals surface area (Å²) < 4.78 is 0. The Bertz CT molecular complexity index is 352. The predicted molar refractivity (Wildman–Crippen MR) is 50.0 cm³/mol. The number of aliphatic carboxylic acids is 1. The summed E-state index contributed by atoms with van der Waals surface area (Å²) in [7, 11) is 1.50. The van der Waals surface area contributed by atoms with Crippen molar-refractivity contribution in [2.24, 2.45) is 0 Å². The van der Waals surface area contributed by atoms with E-state index in [0.717, 1.165) is 0 Å². The fourth-order valence-electron chi connectivity index (χ4n) is 0.841. The van der Waals surface area contributed by atoms with E-state index >= 15 is 0 Å². The predicted octanol–water partition coefficient (Wildman–Crippen LogP) is -1.04. The van der Waals surface area contributed by atoms with Gasteiger partial charge in [-0.25, -0.2) is 20.1 Å². The van der Waals surface area contributed by atoms with Gasteiger partial charge in [0.2, 0.25) is 0 Å². The summed E-state index contributed by atoms with van der Waals surface area (Å²) >= 11 is 0. The van der Waals surface area contributed by atoms with E-state index in [1.54, 1.807) is 0 Å². The van der Waals surface area contributed by atoms with Gasteiger partial charge in [0.1, 0.15) is 12.2 Å². The minimum absolute atomic E-state index is 0.211. The molecular formula is C7H11N5O4. The smallest absolute Gasteiger partial charge is 0.341 e. The average Bonchev–Trinajstić information content (AvgIpc) is 2.69. The largest absolute Gasteiger partial charge is 0.479 e. The summed E-state index contributed by atoms with van der Waals surface area (Å²) in [5, 5.41) is 14.5. The minimum atomic E-state index is -1.17. The molecule has 0 atom stereocenters. The van der Waals surface area contributed by atoms with Gasteiger partial charge in [-0.1, -0.05) is 0 Å². The third kappa shape index (κ3) is 3.92. The third-order valence-corrected chi connectivity index (χ3v) is 1.55. The molecule has 1 rings (SSSR count). The minimum Gasteiger partial charge on any atom is -0.479 e. The lowest BCUT2D eigenvalue weighted by Crippen LogP contribution is -2.38. The number of aromatic nitrogens is 3. The molecule has 0 radical (unpaired) electrons. The van der Waals surface area contributed by atoms with Crippen molar-refractivity contribution in [3.8, 4) is 0 Å². The molecule has 1 aromatic rings. The average molecular weight is 229 g/mol. The number of hydroxylamine groups is 1. The Morgan fingerprint density at radius 1 is 1.69 bits per heavy atom. The number of rotatable bonds is 5. The monoisotopic (exact) mass is 229 g/mol. The molecule has 0 spiro atoms. The van der Waals surface area contributed by atoms with Crippen LogP contribution >= 0.6 is 0 Å². The van der Waals surface area contributed by atoms with Crippen LogP contribution in [0.3, 0.4) is 0 Å². The number of carbonyl (C=O) groups excluding carboxylic acids is 1. The van der Waals surface area contributed by atoms with E-state index in [1.165, 1.54) is 18.3 Å². The van der Waals surface area contributed by atoms with E-state index in [-0.39, 0.29) is 6.54 Å². The molecule has 0 bridgehead atoms. The van der Waals surface area contributed by atoms with Gasteiger partial charge in [-0.2, -0.15) is 5.10 Å². The van der Waals surface area contributed by atoms with Gasteiger partial charge in [-0.05, 0) is 0 Å². The van der Waals surface area contributed by atoms with Crippen molar-refractivity contribution < 1.29 is 19.5 Å². The van der Waals surface area contributed by atoms with E-state index in [9.17, 15) is 9.59 Å². The van der Waals surface area contributed by atoms with Gasteiger partial charge < -0.3 is 10.0 Å². The molecule has 0 aliphatic heterocycles. The van der Waals surface area contributed by atoms with Crippen LogP contribution in [0.4, 0.5) is 4.79 Å². The van der Waals surface area contributed by atoms with Gasteiger partial charge in [0.25, 0.3) is 0 Å². The molecule has 0 aromatic carbocycles. The van der Waals surface area contributed by atoms with Crippen LogP contribution in [0.5, 0.6) is 0 Å². The quantitative estimate of drug-likeness (QED) is 0.555. The Balaban J connectivity index is 2.28. The standard InChI is InChI=1S/C7H11N5O4/c1-12(2-5-8-4-9-10-5)7(15)11-16-3-6(13)14/h4H,2-3H2,1H3,(H,11,15)(H,13,14)(H,8,9,10). The summed E-state index contributed by atoms with van der Waals surface area (Å²) in [5.74, 6) is -0.658. The van der Waals surface area contributed by atoms with Crippen molar-refractivity contribution in [2.45, 2.75) is 6.54 Å². The van der Waals surface area contributed by atoms with Gasteiger partial charge >= 0.3 is 12.0 Å². The number of carboxylic acid groups (broad SMARTS) is 1. The summed E-state index contributed by atoms with van der Waals surface area (Å²) in [5.41, 5.74) is 1.97. The van der Waals surface area contributed by atoms with E-state index in [4.69, 9.17) is 5.11 Å². The number of aromatic amines is 1. The van der Waals surface area contributed by atoms with Crippen LogP contribution in [-0.4, -0.2) is 50.8 Å². The van der Waals surface area contributed by atoms with Crippen LogP contribution in [0, 0.1) is 0 Å². The van der Waals surface area contributed by atoms with Crippen LogP contribution in [0.15, 0.2) is 6.33 Å². The molecule has 1 aromatic heterocycles. The molecule has 88 valence electrons. The van der Waals surface area contributed by atoms with Gasteiger partial charge in [0.15, 0.2) is 6.61 Å². The molecule has 0 fully saturated rings. The zero-order valence-corrected chi connectivity index (χ0v) is 8.51. The topological polar surface area (TPSA) is 120 Å². The lowest BCUT2D eigenvalue weighted by Gasteiger charge is -2.15. The Labute approximate surface area is 90.4 Å². The van der Waals surface area contributed by atoms with Crippen LogP contribution in [0.1, 0.15) is 5.82 Å². The number of H-pyrrole nitrogens is 1. The third-order valence-electron chi connectivity index (χ3n) is 1.55. The second-order valence-corrected chi connectivity index (χ2v) is 2.88. The number of carboxylic acids is 1. The van der Waals surface area contributed by atoms with Crippen molar-refractivity contribution in [2.75, 3.05) is 13.7 Å². The highest BCUT2D eigenvalue weighted by Crippen LogP contribution is 1.94. The van der Waals surface area contributed by atoms with Crippen LogP contribution in [0.25, 0.3) is 0 Å². The second-order valence-electron chi connectivity index (χ2n) is 2.88. The Kier molecular flexibility index (Phi) is 4.21. The number of nitrogens with one attached hydrogen (secondary N) is 2. The molecule has 0 saturated carbocycles. The number of hydrogen-bond donors (Lipinski definition) is 3. The maximum atomic E-state index is 11.3. The molecule has 3 N–H and O–H groups in total. The first-order valence-corrected chi connectivity index (χ1v) is 4.28. The molecule has 0 saturated heterocycles. The summed E-state index contributed by atoms with van der Waals surface area (Å²) in [6.45, 7) is -0.385. The Hall–Kier alpha value is -2.16. The second kappa shape index (κ2) is 5.66. The van der Waals surface area contributed by atoms with Crippen LogP contribution in [-0.2, 0) is 16.2 Å². The lowest BCUT2D eigenvalue weighted by atomic mass is 10.5. The van der Waals surface area contributed by atoms with Crippen molar-refractivity contribution in [1.82, 2.24) is 25.6 Å².